The standard InChI is InChI=1S/C20H24FN3O6S/c1-9-15-14(13(25)6-21)19(27)24(15)16(20(28)29)17(9)31-11-5-12(22-8-11)18(26)23-7-10-3-2-4-30-10/h2-4,9,11-15,22,25H,5-8H2,1H3,(H,23,26)(H,28,29)/t9-,11+,12+,13-,14-,15-/m1/s1. The van der Waals surface area contributed by atoms with Gasteiger partial charge in [-0.15, -0.1) is 11.8 Å². The predicted octanol–water partition coefficient (Wildman–Crippen LogP) is 0.463. The van der Waals surface area contributed by atoms with Crippen LogP contribution in [0.15, 0.2) is 33.4 Å². The lowest BCUT2D eigenvalue weighted by atomic mass is 9.79. The summed E-state index contributed by atoms with van der Waals surface area (Å²) in [7, 11) is 0. The molecule has 4 heterocycles. The van der Waals surface area contributed by atoms with Crippen molar-refractivity contribution in [2.45, 2.75) is 43.3 Å². The Morgan fingerprint density at radius 1 is 1.48 bits per heavy atom. The number of hydrogen-bond donors (Lipinski definition) is 4. The lowest BCUT2D eigenvalue weighted by Crippen LogP contribution is -2.64. The Bertz CT molecular complexity index is 907. The molecule has 4 N–H and O–H groups in total. The first kappa shape index (κ1) is 21.8. The number of nitrogens with zero attached hydrogens (tertiary/aromatic N) is 1. The number of carboxylic acids is 1. The molecule has 1 aromatic heterocycles. The molecule has 2 saturated heterocycles. The highest BCUT2D eigenvalue weighted by Crippen LogP contribution is 2.51. The zero-order chi connectivity index (χ0) is 22.3. The van der Waals surface area contributed by atoms with Crippen LogP contribution in [-0.2, 0) is 20.9 Å². The lowest BCUT2D eigenvalue weighted by molar-refractivity contribution is -0.164. The molecular formula is C20H24FN3O6S. The largest absolute Gasteiger partial charge is 0.477 e. The first-order chi connectivity index (χ1) is 14.8. The molecule has 31 heavy (non-hydrogen) atoms. The minimum atomic E-state index is -1.44. The van der Waals surface area contributed by atoms with Crippen molar-refractivity contribution >= 4 is 29.5 Å². The number of carbonyl (C=O) groups is 3. The van der Waals surface area contributed by atoms with Gasteiger partial charge in [0.2, 0.25) is 11.8 Å². The third-order valence-corrected chi connectivity index (χ3v) is 7.59. The zero-order valence-corrected chi connectivity index (χ0v) is 17.6. The number of thioether (sulfide) groups is 1. The summed E-state index contributed by atoms with van der Waals surface area (Å²) in [6, 6.07) is 2.52. The van der Waals surface area contributed by atoms with E-state index in [0.717, 1.165) is 0 Å². The number of aliphatic carboxylic acids is 1. The van der Waals surface area contributed by atoms with Crippen molar-refractivity contribution in [3.8, 4) is 0 Å². The van der Waals surface area contributed by atoms with Gasteiger partial charge in [0.05, 0.1) is 36.9 Å². The van der Waals surface area contributed by atoms with Crippen molar-refractivity contribution in [3.63, 3.8) is 0 Å². The summed E-state index contributed by atoms with van der Waals surface area (Å²) >= 11 is 1.34. The van der Waals surface area contributed by atoms with Gasteiger partial charge in [0.1, 0.15) is 18.1 Å². The van der Waals surface area contributed by atoms with Gasteiger partial charge in [0.25, 0.3) is 0 Å². The quantitative estimate of drug-likeness (QED) is 0.418. The van der Waals surface area contributed by atoms with Crippen LogP contribution in [0.5, 0.6) is 0 Å². The number of alkyl halides is 1. The number of halogens is 1. The highest BCUT2D eigenvalue weighted by molar-refractivity contribution is 8.03. The average molecular weight is 453 g/mol. The maximum absolute atomic E-state index is 13.0. The maximum atomic E-state index is 13.0. The van der Waals surface area contributed by atoms with E-state index in [4.69, 9.17) is 4.42 Å². The Hall–Kier alpha value is -2.37. The number of fused-ring (bicyclic) bond motifs is 1. The lowest BCUT2D eigenvalue weighted by Gasteiger charge is -2.46. The second kappa shape index (κ2) is 8.64. The molecule has 1 aromatic rings. The summed E-state index contributed by atoms with van der Waals surface area (Å²) in [6.07, 6.45) is 0.585. The maximum Gasteiger partial charge on any atom is 0.353 e. The molecule has 2 amide bonds. The van der Waals surface area contributed by atoms with E-state index in [2.05, 4.69) is 10.6 Å². The zero-order valence-electron chi connectivity index (χ0n) is 16.8. The summed E-state index contributed by atoms with van der Waals surface area (Å²) in [5.74, 6) is -2.59. The molecule has 0 unspecified atom stereocenters. The Kier molecular flexibility index (Phi) is 6.09. The molecule has 9 nitrogen and oxygen atoms in total. The van der Waals surface area contributed by atoms with Crippen molar-refractivity contribution in [3.05, 3.63) is 34.8 Å². The van der Waals surface area contributed by atoms with Crippen LogP contribution >= 0.6 is 11.8 Å². The van der Waals surface area contributed by atoms with Crippen LogP contribution < -0.4 is 10.6 Å². The molecule has 168 valence electrons. The van der Waals surface area contributed by atoms with Gasteiger partial charge in [0.15, 0.2) is 0 Å². The van der Waals surface area contributed by atoms with E-state index in [1.54, 1.807) is 19.1 Å². The van der Waals surface area contributed by atoms with E-state index in [1.165, 1.54) is 22.9 Å². The molecule has 0 aromatic carbocycles. The third-order valence-electron chi connectivity index (χ3n) is 6.08. The number of aliphatic hydroxyl groups is 1. The number of carbonyl (C=O) groups excluding carboxylic acids is 2. The third kappa shape index (κ3) is 3.85. The number of hydrogen-bond acceptors (Lipinski definition) is 7. The second-order valence-corrected chi connectivity index (χ2v) is 9.33. The van der Waals surface area contributed by atoms with Gasteiger partial charge in [-0.25, -0.2) is 9.18 Å². The van der Waals surface area contributed by atoms with Gasteiger partial charge in [-0.3, -0.25) is 9.59 Å². The Morgan fingerprint density at radius 2 is 2.26 bits per heavy atom. The SMILES string of the molecule is C[C@H]1C(S[C@@H]2CN[C@H](C(=O)NCc3ccco3)C2)=C(C(=O)O)N2C(=O)[C@H]([C@H](O)CF)[C@@H]12. The molecule has 3 aliphatic heterocycles. The first-order valence-electron chi connectivity index (χ1n) is 10.1. The van der Waals surface area contributed by atoms with Crippen molar-refractivity contribution in [1.29, 1.82) is 0 Å². The van der Waals surface area contributed by atoms with Gasteiger partial charge >= 0.3 is 5.97 Å². The number of aliphatic hydroxyl groups excluding tert-OH is 1. The number of nitrogens with one attached hydrogen (secondary N) is 2. The number of carboxylic acid groups (broad SMARTS) is 1. The number of β-lactam (4-membered cyclic amide) rings is 1. The van der Waals surface area contributed by atoms with Crippen molar-refractivity contribution in [1.82, 2.24) is 15.5 Å². The molecule has 0 bridgehead atoms. The van der Waals surface area contributed by atoms with Gasteiger partial charge < -0.3 is 30.2 Å². The van der Waals surface area contributed by atoms with E-state index in [0.29, 0.717) is 23.6 Å². The van der Waals surface area contributed by atoms with Crippen LogP contribution in [-0.4, -0.2) is 69.6 Å². The molecule has 3 aliphatic rings. The second-order valence-electron chi connectivity index (χ2n) is 7.99. The smallest absolute Gasteiger partial charge is 0.353 e. The van der Waals surface area contributed by atoms with Gasteiger partial charge in [-0.2, -0.15) is 0 Å². The fraction of sp³-hybridized carbons (Fsp3) is 0.550. The molecule has 6 atom stereocenters. The molecule has 0 spiro atoms. The van der Waals surface area contributed by atoms with Crippen LogP contribution in [0, 0.1) is 11.8 Å². The van der Waals surface area contributed by atoms with Crippen molar-refractivity contribution < 1.29 is 33.4 Å². The Balaban J connectivity index is 1.41. The van der Waals surface area contributed by atoms with E-state index in [-0.39, 0.29) is 29.3 Å². The highest BCUT2D eigenvalue weighted by Gasteiger charge is 2.61. The molecule has 11 heteroatoms. The first-order valence-corrected chi connectivity index (χ1v) is 11.0. The fourth-order valence-electron chi connectivity index (χ4n) is 4.56. The summed E-state index contributed by atoms with van der Waals surface area (Å²) in [5.41, 5.74) is -0.0967. The fourth-order valence-corrected chi connectivity index (χ4v) is 6.04. The molecule has 0 saturated carbocycles. The van der Waals surface area contributed by atoms with Crippen LogP contribution in [0.25, 0.3) is 0 Å². The van der Waals surface area contributed by atoms with Crippen LogP contribution in [0.3, 0.4) is 0 Å². The van der Waals surface area contributed by atoms with Crippen LogP contribution in [0.2, 0.25) is 0 Å². The monoisotopic (exact) mass is 453 g/mol. The number of rotatable bonds is 8. The van der Waals surface area contributed by atoms with E-state index in [9.17, 15) is 29.0 Å². The summed E-state index contributed by atoms with van der Waals surface area (Å²) < 4.78 is 18.2. The van der Waals surface area contributed by atoms with Crippen molar-refractivity contribution in [2.24, 2.45) is 11.8 Å². The molecule has 4 rings (SSSR count). The number of amides is 2. The minimum Gasteiger partial charge on any atom is -0.477 e. The van der Waals surface area contributed by atoms with Gasteiger partial charge in [0, 0.05) is 22.6 Å². The topological polar surface area (TPSA) is 132 Å². The van der Waals surface area contributed by atoms with Crippen molar-refractivity contribution in [2.75, 3.05) is 13.2 Å². The number of furan rings is 1. The predicted molar refractivity (Wildman–Crippen MR) is 108 cm³/mol. The summed E-state index contributed by atoms with van der Waals surface area (Å²) in [4.78, 5) is 38.4. The Labute approximate surface area is 182 Å². The summed E-state index contributed by atoms with van der Waals surface area (Å²) in [5, 5.41) is 25.5. The van der Waals surface area contributed by atoms with E-state index < -0.39 is 42.7 Å². The van der Waals surface area contributed by atoms with Crippen LogP contribution in [0.1, 0.15) is 19.1 Å². The average Bonchev–Trinajstić information content (AvgIpc) is 3.47. The van der Waals surface area contributed by atoms with Gasteiger partial charge in [-0.05, 0) is 18.6 Å². The molecule has 0 aliphatic carbocycles. The van der Waals surface area contributed by atoms with Crippen LogP contribution in [0.4, 0.5) is 4.39 Å². The Morgan fingerprint density at radius 3 is 2.90 bits per heavy atom. The van der Waals surface area contributed by atoms with E-state index in [1.807, 2.05) is 0 Å². The molecular weight excluding hydrogens is 429 g/mol. The minimum absolute atomic E-state index is 0.0653. The molecule has 0 radical (unpaired) electrons. The van der Waals surface area contributed by atoms with E-state index >= 15 is 0 Å². The normalized spacial score (nSPS) is 30.9. The highest BCUT2D eigenvalue weighted by atomic mass is 32.2. The molecule has 2 fully saturated rings. The van der Waals surface area contributed by atoms with Gasteiger partial charge in [-0.1, -0.05) is 6.92 Å². The summed E-state index contributed by atoms with van der Waals surface area (Å²) in [6.45, 7) is 1.52.